The molecule has 0 amide bonds. The summed E-state index contributed by atoms with van der Waals surface area (Å²) in [5.41, 5.74) is 1.86. The molecule has 0 bridgehead atoms. The van der Waals surface area contributed by atoms with Crippen molar-refractivity contribution in [3.05, 3.63) is 78.0 Å². The van der Waals surface area contributed by atoms with Crippen LogP contribution in [0.5, 0.6) is 5.75 Å². The van der Waals surface area contributed by atoms with E-state index in [2.05, 4.69) is 15.2 Å². The van der Waals surface area contributed by atoms with Crippen LogP contribution >= 0.6 is 12.2 Å². The smallest absolute Gasteiger partial charge is 0.174 e. The van der Waals surface area contributed by atoms with E-state index in [1.165, 1.54) is 0 Å². The van der Waals surface area contributed by atoms with Crippen LogP contribution < -0.4 is 15.0 Å². The van der Waals surface area contributed by atoms with Gasteiger partial charge in [0.1, 0.15) is 23.3 Å². The number of aromatic nitrogens is 1. The molecule has 1 N–H and O–H groups in total. The zero-order chi connectivity index (χ0) is 18.1. The summed E-state index contributed by atoms with van der Waals surface area (Å²) in [5.74, 6) is 2.48. The van der Waals surface area contributed by atoms with Gasteiger partial charge in [-0.3, -0.25) is 4.98 Å². The van der Waals surface area contributed by atoms with Gasteiger partial charge in [0.15, 0.2) is 5.11 Å². The van der Waals surface area contributed by atoms with Crippen LogP contribution in [0.3, 0.4) is 0 Å². The topological polar surface area (TPSA) is 50.5 Å². The Balaban J connectivity index is 1.82. The van der Waals surface area contributed by atoms with E-state index in [0.717, 1.165) is 28.7 Å². The Kier molecular flexibility index (Phi) is 4.34. The Morgan fingerprint density at radius 3 is 2.73 bits per heavy atom. The second-order valence-corrected chi connectivity index (χ2v) is 6.53. The molecule has 0 aliphatic carbocycles. The summed E-state index contributed by atoms with van der Waals surface area (Å²) in [6, 6.07) is 17.4. The predicted octanol–water partition coefficient (Wildman–Crippen LogP) is 4.17. The van der Waals surface area contributed by atoms with Crippen molar-refractivity contribution in [3.63, 3.8) is 0 Å². The number of nitrogens with zero attached hydrogens (tertiary/aromatic N) is 2. The maximum atomic E-state index is 5.98. The number of benzene rings is 1. The number of ether oxygens (including phenoxy) is 1. The molecule has 0 spiro atoms. The molecular formula is C20H19N3O2S. The molecule has 5 nitrogen and oxygen atoms in total. The van der Waals surface area contributed by atoms with E-state index in [4.69, 9.17) is 21.4 Å². The fourth-order valence-electron chi connectivity index (χ4n) is 3.29. The largest absolute Gasteiger partial charge is 0.497 e. The van der Waals surface area contributed by atoms with Crippen LogP contribution in [0.1, 0.15) is 29.3 Å². The predicted molar refractivity (Wildman–Crippen MR) is 104 cm³/mol. The molecule has 26 heavy (non-hydrogen) atoms. The molecule has 1 fully saturated rings. The second-order valence-electron chi connectivity index (χ2n) is 6.15. The minimum atomic E-state index is -0.141. The van der Waals surface area contributed by atoms with Crippen LogP contribution in [-0.4, -0.2) is 17.2 Å². The van der Waals surface area contributed by atoms with Crippen LogP contribution in [0.2, 0.25) is 0 Å². The van der Waals surface area contributed by atoms with Crippen molar-refractivity contribution < 1.29 is 9.15 Å². The van der Waals surface area contributed by atoms with Gasteiger partial charge in [0.05, 0.1) is 18.8 Å². The molecule has 3 heterocycles. The van der Waals surface area contributed by atoms with Gasteiger partial charge in [0.25, 0.3) is 0 Å². The molecule has 0 radical (unpaired) electrons. The standard InChI is InChI=1S/C20H19N3O2S/c1-13-9-10-17(25-13)19-18(16-8-3-4-11-21-16)22-20(26)23(19)14-6-5-7-15(12-14)24-2/h3-12,18-19H,1-2H3,(H,22,26)/t18-,19-/m0/s1. The van der Waals surface area contributed by atoms with Crippen LogP contribution in [0.4, 0.5) is 5.69 Å². The molecule has 132 valence electrons. The Labute approximate surface area is 157 Å². The molecule has 1 aliphatic heterocycles. The molecule has 2 atom stereocenters. The number of methoxy groups -OCH3 is 1. The zero-order valence-corrected chi connectivity index (χ0v) is 15.4. The molecule has 1 aromatic carbocycles. The highest BCUT2D eigenvalue weighted by Crippen LogP contribution is 2.42. The number of anilines is 1. The highest BCUT2D eigenvalue weighted by molar-refractivity contribution is 7.80. The average molecular weight is 365 g/mol. The summed E-state index contributed by atoms with van der Waals surface area (Å²) in [7, 11) is 1.66. The Morgan fingerprint density at radius 1 is 1.15 bits per heavy atom. The molecule has 1 aliphatic rings. The highest BCUT2D eigenvalue weighted by atomic mass is 32.1. The third-order valence-corrected chi connectivity index (χ3v) is 4.80. The van der Waals surface area contributed by atoms with E-state index in [-0.39, 0.29) is 12.1 Å². The number of hydrogen-bond acceptors (Lipinski definition) is 4. The first kappa shape index (κ1) is 16.6. The molecule has 1 saturated heterocycles. The van der Waals surface area contributed by atoms with Crippen molar-refractivity contribution in [3.8, 4) is 5.75 Å². The summed E-state index contributed by atoms with van der Waals surface area (Å²) in [4.78, 5) is 6.59. The van der Waals surface area contributed by atoms with Crippen LogP contribution in [0.15, 0.2) is 65.2 Å². The van der Waals surface area contributed by atoms with E-state index in [0.29, 0.717) is 5.11 Å². The number of aryl methyl sites for hydroxylation is 1. The Hall–Kier alpha value is -2.86. The average Bonchev–Trinajstić information content (AvgIpc) is 3.25. The molecule has 6 heteroatoms. The third-order valence-electron chi connectivity index (χ3n) is 4.48. The highest BCUT2D eigenvalue weighted by Gasteiger charge is 2.42. The van der Waals surface area contributed by atoms with Crippen molar-refractivity contribution in [2.75, 3.05) is 12.0 Å². The monoisotopic (exact) mass is 365 g/mol. The van der Waals surface area contributed by atoms with Gasteiger partial charge in [-0.1, -0.05) is 12.1 Å². The van der Waals surface area contributed by atoms with E-state index in [1.54, 1.807) is 13.3 Å². The van der Waals surface area contributed by atoms with Crippen LogP contribution in [0.25, 0.3) is 0 Å². The number of furan rings is 1. The van der Waals surface area contributed by atoms with Crippen molar-refractivity contribution in [1.82, 2.24) is 10.3 Å². The van der Waals surface area contributed by atoms with Gasteiger partial charge in [0.2, 0.25) is 0 Å². The zero-order valence-electron chi connectivity index (χ0n) is 14.5. The van der Waals surface area contributed by atoms with E-state index < -0.39 is 0 Å². The first-order chi connectivity index (χ1) is 12.7. The van der Waals surface area contributed by atoms with Gasteiger partial charge in [-0.25, -0.2) is 0 Å². The molecule has 0 saturated carbocycles. The summed E-state index contributed by atoms with van der Waals surface area (Å²) in [6.45, 7) is 1.94. The fourth-order valence-corrected chi connectivity index (χ4v) is 3.64. The molecule has 2 aromatic heterocycles. The fraction of sp³-hybridized carbons (Fsp3) is 0.200. The number of thiocarbonyl (C=S) groups is 1. The lowest BCUT2D eigenvalue weighted by molar-refractivity contribution is 0.412. The summed E-state index contributed by atoms with van der Waals surface area (Å²) < 4.78 is 11.4. The Morgan fingerprint density at radius 2 is 2.04 bits per heavy atom. The number of rotatable bonds is 4. The van der Waals surface area contributed by atoms with Gasteiger partial charge < -0.3 is 19.4 Å². The summed E-state index contributed by atoms with van der Waals surface area (Å²) in [5, 5.41) is 4.04. The van der Waals surface area contributed by atoms with E-state index >= 15 is 0 Å². The first-order valence-corrected chi connectivity index (χ1v) is 8.79. The van der Waals surface area contributed by atoms with Crippen molar-refractivity contribution in [2.45, 2.75) is 19.0 Å². The number of hydrogen-bond donors (Lipinski definition) is 1. The Bertz CT molecular complexity index is 926. The lowest BCUT2D eigenvalue weighted by Crippen LogP contribution is -2.29. The summed E-state index contributed by atoms with van der Waals surface area (Å²) >= 11 is 5.67. The number of nitrogens with one attached hydrogen (secondary N) is 1. The van der Waals surface area contributed by atoms with Gasteiger partial charge in [-0.05, 0) is 55.5 Å². The lowest BCUT2D eigenvalue weighted by Gasteiger charge is -2.26. The van der Waals surface area contributed by atoms with Gasteiger partial charge in [0, 0.05) is 18.0 Å². The first-order valence-electron chi connectivity index (χ1n) is 8.38. The van der Waals surface area contributed by atoms with Crippen LogP contribution in [-0.2, 0) is 0 Å². The maximum Gasteiger partial charge on any atom is 0.174 e. The minimum absolute atomic E-state index is 0.111. The molecule has 4 rings (SSSR count). The maximum absolute atomic E-state index is 5.98. The van der Waals surface area contributed by atoms with Crippen molar-refractivity contribution in [1.29, 1.82) is 0 Å². The normalized spacial score (nSPS) is 19.5. The van der Waals surface area contributed by atoms with Crippen molar-refractivity contribution in [2.24, 2.45) is 0 Å². The number of pyridine rings is 1. The van der Waals surface area contributed by atoms with Gasteiger partial charge in [-0.15, -0.1) is 0 Å². The lowest BCUT2D eigenvalue weighted by atomic mass is 10.0. The minimum Gasteiger partial charge on any atom is -0.497 e. The van der Waals surface area contributed by atoms with E-state index in [9.17, 15) is 0 Å². The quantitative estimate of drug-likeness (QED) is 0.701. The van der Waals surface area contributed by atoms with Crippen molar-refractivity contribution >= 4 is 23.0 Å². The molecule has 0 unspecified atom stereocenters. The second kappa shape index (κ2) is 6.80. The summed E-state index contributed by atoms with van der Waals surface area (Å²) in [6.07, 6.45) is 1.79. The molecular weight excluding hydrogens is 346 g/mol. The van der Waals surface area contributed by atoms with Crippen LogP contribution in [0, 0.1) is 6.92 Å². The van der Waals surface area contributed by atoms with Gasteiger partial charge in [-0.2, -0.15) is 0 Å². The molecule has 3 aromatic rings. The van der Waals surface area contributed by atoms with E-state index in [1.807, 2.05) is 61.5 Å². The van der Waals surface area contributed by atoms with Gasteiger partial charge >= 0.3 is 0 Å². The SMILES string of the molecule is COc1cccc(N2C(=S)N[C@@H](c3ccccn3)[C@@H]2c2ccc(C)o2)c1. The third kappa shape index (κ3) is 2.93.